The smallest absolute Gasteiger partial charge is 0.395 e. The highest BCUT2D eigenvalue weighted by atomic mass is 35.5. The maximum Gasteiger partial charge on any atom is 0.395 e. The summed E-state index contributed by atoms with van der Waals surface area (Å²) in [6.45, 7) is -0.0335. The molecule has 104 valence electrons. The minimum absolute atomic E-state index is 0.0335. The van der Waals surface area contributed by atoms with Gasteiger partial charge in [-0.1, -0.05) is 29.3 Å². The van der Waals surface area contributed by atoms with Gasteiger partial charge < -0.3 is 9.72 Å². The van der Waals surface area contributed by atoms with E-state index in [-0.39, 0.29) is 12.5 Å². The van der Waals surface area contributed by atoms with Gasteiger partial charge in [0.05, 0.1) is 21.3 Å². The van der Waals surface area contributed by atoms with Crippen LogP contribution in [0.5, 0.6) is 5.88 Å². The van der Waals surface area contributed by atoms with Gasteiger partial charge in [0.25, 0.3) is 0 Å². The highest BCUT2D eigenvalue weighted by Gasteiger charge is 2.22. The van der Waals surface area contributed by atoms with E-state index in [2.05, 4.69) is 9.97 Å². The van der Waals surface area contributed by atoms with Crippen molar-refractivity contribution in [3.8, 4) is 5.88 Å². The molecule has 0 saturated heterocycles. The van der Waals surface area contributed by atoms with Crippen molar-refractivity contribution in [2.75, 3.05) is 0 Å². The fourth-order valence-corrected chi connectivity index (χ4v) is 1.74. The van der Waals surface area contributed by atoms with Gasteiger partial charge in [0.15, 0.2) is 0 Å². The molecule has 0 fully saturated rings. The number of hydrogen-bond acceptors (Lipinski definition) is 5. The average molecular weight is 316 g/mol. The number of rotatable bonds is 4. The average Bonchev–Trinajstić information content (AvgIpc) is 2.39. The van der Waals surface area contributed by atoms with Gasteiger partial charge in [0, 0.05) is 0 Å². The Morgan fingerprint density at radius 1 is 1.35 bits per heavy atom. The summed E-state index contributed by atoms with van der Waals surface area (Å²) in [6, 6.07) is 4.78. The van der Waals surface area contributed by atoms with Crippen LogP contribution in [0.2, 0.25) is 10.0 Å². The fourth-order valence-electron chi connectivity index (χ4n) is 1.42. The van der Waals surface area contributed by atoms with Crippen molar-refractivity contribution in [3.05, 3.63) is 60.6 Å². The number of nitrogens with one attached hydrogen (secondary N) is 1. The van der Waals surface area contributed by atoms with E-state index >= 15 is 0 Å². The van der Waals surface area contributed by atoms with Gasteiger partial charge in [0.2, 0.25) is 0 Å². The van der Waals surface area contributed by atoms with Crippen LogP contribution in [-0.2, 0) is 6.61 Å². The molecule has 1 heterocycles. The summed E-state index contributed by atoms with van der Waals surface area (Å²) < 4.78 is 5.19. The zero-order chi connectivity index (χ0) is 14.7. The molecule has 1 N–H and O–H groups in total. The third-order valence-corrected chi connectivity index (χ3v) is 3.08. The number of benzene rings is 1. The Hall–Kier alpha value is -2.12. The molecule has 2 rings (SSSR count). The van der Waals surface area contributed by atoms with E-state index in [0.717, 1.165) is 6.33 Å². The molecular formula is C11H7Cl2N3O4. The fraction of sp³-hybridized carbons (Fsp3) is 0.0909. The number of hydrogen-bond donors (Lipinski definition) is 1. The number of aromatic amines is 1. The third kappa shape index (κ3) is 3.06. The molecule has 9 heteroatoms. The van der Waals surface area contributed by atoms with Gasteiger partial charge in [-0.25, -0.2) is 0 Å². The SMILES string of the molecule is O=c1[nH]cnc(OCc2ccc(Cl)c(Cl)c2)c1[N+](=O)[O-]. The van der Waals surface area contributed by atoms with E-state index in [9.17, 15) is 14.9 Å². The third-order valence-electron chi connectivity index (χ3n) is 2.34. The summed E-state index contributed by atoms with van der Waals surface area (Å²) in [4.78, 5) is 27.0. The van der Waals surface area contributed by atoms with E-state index in [1.807, 2.05) is 0 Å². The Morgan fingerprint density at radius 2 is 2.10 bits per heavy atom. The van der Waals surface area contributed by atoms with Crippen molar-refractivity contribution < 1.29 is 9.66 Å². The molecule has 0 bridgehead atoms. The van der Waals surface area contributed by atoms with Crippen molar-refractivity contribution in [2.24, 2.45) is 0 Å². The molecule has 0 aliphatic heterocycles. The topological polar surface area (TPSA) is 98.1 Å². The maximum absolute atomic E-state index is 11.3. The standard InChI is InChI=1S/C11H7Cl2N3O4/c12-7-2-1-6(3-8(7)13)4-20-11-9(16(18)19)10(17)14-5-15-11/h1-3,5H,4H2,(H,14,15,17). The first-order valence-electron chi connectivity index (χ1n) is 5.28. The molecular weight excluding hydrogens is 309 g/mol. The molecule has 1 aromatic heterocycles. The van der Waals surface area contributed by atoms with Crippen molar-refractivity contribution in [3.63, 3.8) is 0 Å². The quantitative estimate of drug-likeness (QED) is 0.690. The number of nitro groups is 1. The van der Waals surface area contributed by atoms with Crippen LogP contribution in [0.4, 0.5) is 5.69 Å². The monoisotopic (exact) mass is 315 g/mol. The Morgan fingerprint density at radius 3 is 2.75 bits per heavy atom. The molecule has 0 radical (unpaired) electrons. The maximum atomic E-state index is 11.3. The minimum atomic E-state index is -0.880. The minimum Gasteiger partial charge on any atom is -0.468 e. The summed E-state index contributed by atoms with van der Waals surface area (Å²) in [5.41, 5.74) is -0.988. The van der Waals surface area contributed by atoms with Crippen LogP contribution in [0.15, 0.2) is 29.3 Å². The number of ether oxygens (including phenoxy) is 1. The van der Waals surface area contributed by atoms with E-state index in [4.69, 9.17) is 27.9 Å². The van der Waals surface area contributed by atoms with Crippen LogP contribution in [0.1, 0.15) is 5.56 Å². The molecule has 20 heavy (non-hydrogen) atoms. The molecule has 0 aliphatic rings. The van der Waals surface area contributed by atoms with Crippen molar-refractivity contribution in [1.29, 1.82) is 0 Å². The van der Waals surface area contributed by atoms with Gasteiger partial charge >= 0.3 is 17.1 Å². The molecule has 0 unspecified atom stereocenters. The molecule has 0 amide bonds. The first kappa shape index (κ1) is 14.3. The number of halogens is 2. The Balaban J connectivity index is 2.23. The van der Waals surface area contributed by atoms with E-state index in [0.29, 0.717) is 15.6 Å². The Labute approximate surface area is 122 Å². The zero-order valence-electron chi connectivity index (χ0n) is 9.80. The number of nitrogens with zero attached hydrogens (tertiary/aromatic N) is 2. The summed E-state index contributed by atoms with van der Waals surface area (Å²) in [5.74, 6) is -0.357. The van der Waals surface area contributed by atoms with Crippen molar-refractivity contribution in [1.82, 2.24) is 9.97 Å². The molecule has 1 aromatic carbocycles. The Bertz CT molecular complexity index is 717. The second-order valence-corrected chi connectivity index (χ2v) is 4.49. The lowest BCUT2D eigenvalue weighted by atomic mass is 10.2. The highest BCUT2D eigenvalue weighted by Crippen LogP contribution is 2.24. The highest BCUT2D eigenvalue weighted by molar-refractivity contribution is 6.42. The van der Waals surface area contributed by atoms with Crippen molar-refractivity contribution in [2.45, 2.75) is 6.61 Å². The molecule has 0 atom stereocenters. The van der Waals surface area contributed by atoms with Gasteiger partial charge in [0.1, 0.15) is 6.61 Å². The van der Waals surface area contributed by atoms with Gasteiger partial charge in [-0.05, 0) is 17.7 Å². The molecule has 0 spiro atoms. The number of H-pyrrole nitrogens is 1. The van der Waals surface area contributed by atoms with Crippen LogP contribution in [0.3, 0.4) is 0 Å². The summed E-state index contributed by atoms with van der Waals surface area (Å²) >= 11 is 11.6. The zero-order valence-corrected chi connectivity index (χ0v) is 11.3. The summed E-state index contributed by atoms with van der Waals surface area (Å²) in [7, 11) is 0. The van der Waals surface area contributed by atoms with Gasteiger partial charge in [-0.2, -0.15) is 4.98 Å². The second-order valence-electron chi connectivity index (χ2n) is 3.68. The lowest BCUT2D eigenvalue weighted by molar-refractivity contribution is -0.387. The second kappa shape index (κ2) is 5.89. The van der Waals surface area contributed by atoms with Gasteiger partial charge in [-0.3, -0.25) is 14.9 Å². The lowest BCUT2D eigenvalue weighted by Gasteiger charge is -2.06. The molecule has 2 aromatic rings. The van der Waals surface area contributed by atoms with Gasteiger partial charge in [-0.15, -0.1) is 0 Å². The number of aromatic nitrogens is 2. The van der Waals surface area contributed by atoms with Crippen LogP contribution in [-0.4, -0.2) is 14.9 Å². The van der Waals surface area contributed by atoms with E-state index in [1.165, 1.54) is 0 Å². The molecule has 0 aliphatic carbocycles. The predicted molar refractivity (Wildman–Crippen MR) is 72.3 cm³/mol. The lowest BCUT2D eigenvalue weighted by Crippen LogP contribution is -2.14. The van der Waals surface area contributed by atoms with Crippen LogP contribution in [0.25, 0.3) is 0 Å². The van der Waals surface area contributed by atoms with Crippen LogP contribution < -0.4 is 10.3 Å². The predicted octanol–water partition coefficient (Wildman–Crippen LogP) is 2.56. The Kier molecular flexibility index (Phi) is 4.21. The largest absolute Gasteiger partial charge is 0.468 e. The summed E-state index contributed by atoms with van der Waals surface area (Å²) in [5, 5.41) is 11.5. The van der Waals surface area contributed by atoms with E-state index in [1.54, 1.807) is 18.2 Å². The molecule has 0 saturated carbocycles. The van der Waals surface area contributed by atoms with Crippen molar-refractivity contribution >= 4 is 28.9 Å². The van der Waals surface area contributed by atoms with Crippen LogP contribution >= 0.6 is 23.2 Å². The summed E-state index contributed by atoms with van der Waals surface area (Å²) in [6.07, 6.45) is 1.03. The normalized spacial score (nSPS) is 10.3. The molecule has 7 nitrogen and oxygen atoms in total. The first-order valence-corrected chi connectivity index (χ1v) is 6.03. The first-order chi connectivity index (χ1) is 9.49. The van der Waals surface area contributed by atoms with E-state index < -0.39 is 16.2 Å². The van der Waals surface area contributed by atoms with Crippen LogP contribution in [0, 0.1) is 10.1 Å².